The van der Waals surface area contributed by atoms with Crippen LogP contribution in [-0.4, -0.2) is 14.2 Å². The first-order chi connectivity index (χ1) is 23.4. The van der Waals surface area contributed by atoms with Crippen LogP contribution in [0.4, 0.5) is 0 Å². The van der Waals surface area contributed by atoms with Gasteiger partial charge in [0.2, 0.25) is 0 Å². The number of fused-ring (bicyclic) bond motifs is 1. The summed E-state index contributed by atoms with van der Waals surface area (Å²) in [7, 11) is 0. The zero-order valence-corrected chi connectivity index (χ0v) is 32.6. The summed E-state index contributed by atoms with van der Waals surface area (Å²) < 4.78 is 10.2. The molecular formula is C43H46AuN2O2S. The predicted molar refractivity (Wildman–Crippen MR) is 206 cm³/mol. The summed E-state index contributed by atoms with van der Waals surface area (Å²) in [6.45, 7) is 18.0. The minimum absolute atomic E-state index is 0.218. The van der Waals surface area contributed by atoms with Crippen LogP contribution < -0.4 is 9.21 Å². The molecule has 5 aromatic carbocycles. The Hall–Kier alpha value is -3.92. The largest absolute Gasteiger partial charge is 0.289 e. The average molecular weight is 852 g/mol. The second-order valence-electron chi connectivity index (χ2n) is 13.4. The fourth-order valence-corrected chi connectivity index (χ4v) is 10.5. The minimum atomic E-state index is -2.43. The Bertz CT molecular complexity index is 2100. The van der Waals surface area contributed by atoms with Crippen LogP contribution in [0.25, 0.3) is 22.1 Å². The fourth-order valence-electron chi connectivity index (χ4n) is 6.10. The number of hydrogen-bond donors (Lipinski definition) is 1. The first-order valence-corrected chi connectivity index (χ1v) is 20.5. The maximum absolute atomic E-state index is 12.3. The standard InChI is InChI=1S/C27H36N2.C7H5OS.C7H4O.C2H.Au/c1-18(2)22-11-9-12-23(19(3)4)26(22)28-15-16-29(17-28)27-24(20(5)6)13-10-14-25(27)21(7)8;8-7(9)6-4-2-1-3-5-6;8-7-5-3-1-2-4-6(5)7;1-2;/h9-16,18-21H,1-8H3;1-2,4-5H,(H,8,9);1-4H;1H;. The van der Waals surface area contributed by atoms with E-state index in [1.54, 1.807) is 0 Å². The zero-order valence-electron chi connectivity index (χ0n) is 29.6. The number of hydrogen-bond acceptors (Lipinski definition) is 2. The Kier molecular flexibility index (Phi) is 11.4. The van der Waals surface area contributed by atoms with Crippen molar-refractivity contribution in [2.75, 3.05) is 0 Å². The molecule has 49 heavy (non-hydrogen) atoms. The molecule has 1 heterocycles. The van der Waals surface area contributed by atoms with E-state index in [0.29, 0.717) is 29.2 Å². The first-order valence-electron chi connectivity index (χ1n) is 16.8. The van der Waals surface area contributed by atoms with Crippen LogP contribution in [0.15, 0.2) is 102 Å². The third-order valence-corrected chi connectivity index (χ3v) is 13.5. The molecule has 6 aromatic rings. The van der Waals surface area contributed by atoms with Gasteiger partial charge in [-0.05, 0) is 0 Å². The van der Waals surface area contributed by atoms with Crippen LogP contribution in [-0.2, 0) is 18.0 Å². The molecule has 1 aromatic heterocycles. The van der Waals surface area contributed by atoms with Gasteiger partial charge >= 0.3 is 259 Å². The van der Waals surface area contributed by atoms with Crippen molar-refractivity contribution >= 4 is 32.3 Å². The van der Waals surface area contributed by atoms with Crippen molar-refractivity contribution < 1.29 is 22.8 Å². The molecule has 0 aliphatic rings. The third-order valence-electron chi connectivity index (χ3n) is 8.69. The molecule has 0 radical (unpaired) electrons. The summed E-state index contributed by atoms with van der Waals surface area (Å²) in [5.41, 5.74) is 8.42. The third kappa shape index (κ3) is 7.49. The van der Waals surface area contributed by atoms with E-state index < -0.39 is 18.0 Å². The molecule has 0 bridgehead atoms. The van der Waals surface area contributed by atoms with Crippen molar-refractivity contribution in [1.82, 2.24) is 9.13 Å². The Labute approximate surface area is 302 Å². The predicted octanol–water partition coefficient (Wildman–Crippen LogP) is 9.97. The Morgan fingerprint density at radius 1 is 0.653 bits per heavy atom. The van der Waals surface area contributed by atoms with Gasteiger partial charge in [-0.25, -0.2) is 0 Å². The molecule has 0 N–H and O–H groups in total. The number of carbonyl (C=O) groups is 1. The van der Waals surface area contributed by atoms with Gasteiger partial charge in [0.05, 0.1) is 0 Å². The van der Waals surface area contributed by atoms with Crippen LogP contribution >= 0.6 is 12.6 Å². The summed E-state index contributed by atoms with van der Waals surface area (Å²) >= 11 is 1.69. The molecule has 6 rings (SSSR count). The van der Waals surface area contributed by atoms with Gasteiger partial charge in [0.1, 0.15) is 0 Å². The van der Waals surface area contributed by atoms with Gasteiger partial charge in [-0.3, -0.25) is 4.79 Å². The normalized spacial score (nSPS) is 11.8. The number of thiol groups is 1. The molecule has 0 amide bonds. The summed E-state index contributed by atoms with van der Waals surface area (Å²) in [5.74, 6) is 1.33. The molecule has 0 saturated carbocycles. The molecule has 0 aliphatic heterocycles. The van der Waals surface area contributed by atoms with E-state index in [0.717, 1.165) is 18.2 Å². The zero-order chi connectivity index (χ0) is 35.6. The van der Waals surface area contributed by atoms with Gasteiger partial charge in [0, 0.05) is 10.8 Å². The Morgan fingerprint density at radius 2 is 1.06 bits per heavy atom. The Morgan fingerprint density at radius 3 is 1.41 bits per heavy atom. The second-order valence-corrected chi connectivity index (χ2v) is 18.3. The average Bonchev–Trinajstić information content (AvgIpc) is 3.54. The maximum Gasteiger partial charge on any atom is 0.194 e. The van der Waals surface area contributed by atoms with Crippen molar-refractivity contribution in [3.63, 3.8) is 0 Å². The molecule has 0 fully saturated rings. The maximum atomic E-state index is 12.3. The topological polar surface area (TPSA) is 44.0 Å². The number of terminal acetylenes is 1. The van der Waals surface area contributed by atoms with Crippen LogP contribution in [0.1, 0.15) is 112 Å². The van der Waals surface area contributed by atoms with Gasteiger partial charge in [0.25, 0.3) is 0 Å². The number of benzene rings is 4. The van der Waals surface area contributed by atoms with Gasteiger partial charge < -0.3 is 0 Å². The van der Waals surface area contributed by atoms with Crippen LogP contribution in [0.5, 0.6) is 0 Å². The van der Waals surface area contributed by atoms with Crippen molar-refractivity contribution in [2.45, 2.75) is 79.1 Å². The van der Waals surface area contributed by atoms with Crippen LogP contribution in [0, 0.1) is 14.2 Å². The van der Waals surface area contributed by atoms with Crippen molar-refractivity contribution in [2.24, 2.45) is 0 Å². The number of rotatable bonds is 8. The van der Waals surface area contributed by atoms with E-state index in [2.05, 4.69) is 136 Å². The fraction of sp³-hybridized carbons (Fsp3) is 0.279. The number of nitrogens with zero attached hydrogens (tertiary/aromatic N) is 2. The molecule has 0 saturated heterocycles. The van der Waals surface area contributed by atoms with E-state index in [1.807, 2.05) is 42.5 Å². The van der Waals surface area contributed by atoms with E-state index >= 15 is 0 Å². The quantitative estimate of drug-likeness (QED) is 0.0942. The second kappa shape index (κ2) is 15.3. The Balaban J connectivity index is 0.000000505. The van der Waals surface area contributed by atoms with Crippen LogP contribution in [0.3, 0.4) is 0 Å². The number of aromatic nitrogens is 2. The molecule has 6 heteroatoms. The molecule has 4 nitrogen and oxygen atoms in total. The molecule has 0 atom stereocenters. The molecular weight excluding hydrogens is 806 g/mol. The summed E-state index contributed by atoms with van der Waals surface area (Å²) in [6.07, 6.45) is 10.9. The number of imidazole rings is 1. The van der Waals surface area contributed by atoms with Gasteiger partial charge in [0.15, 0.2) is 5.43 Å². The molecule has 0 spiro atoms. The molecule has 0 unspecified atom stereocenters. The first kappa shape index (κ1) is 36.4. The SMILES string of the molecule is C#[C][Au]([c]1cccc(C(=O)S)c1)=[c]1n(-c2c(C(C)C)cccc2C(C)C)ccn1-c1c(C(C)C)cccc1C(C)C.O=c1c2ccccc12. The summed E-state index contributed by atoms with van der Waals surface area (Å²) in [5, 5.41) is 1.54. The molecule has 0 aliphatic carbocycles. The van der Waals surface area contributed by atoms with E-state index in [-0.39, 0.29) is 10.5 Å². The number of para-hydroxylation sites is 2. The van der Waals surface area contributed by atoms with E-state index in [9.17, 15) is 9.59 Å². The van der Waals surface area contributed by atoms with Crippen LogP contribution in [0.2, 0.25) is 0 Å². The number of carbonyl (C=O) groups excluding carboxylic acids is 1. The van der Waals surface area contributed by atoms with Gasteiger partial charge in [-0.15, -0.1) is 0 Å². The monoisotopic (exact) mass is 851 g/mol. The van der Waals surface area contributed by atoms with Crippen molar-refractivity contribution in [3.8, 4) is 21.9 Å². The van der Waals surface area contributed by atoms with Crippen molar-refractivity contribution in [3.05, 3.63) is 139 Å². The van der Waals surface area contributed by atoms with E-state index in [1.165, 1.54) is 33.6 Å². The summed E-state index contributed by atoms with van der Waals surface area (Å²) in [6, 6.07) is 28.6. The van der Waals surface area contributed by atoms with E-state index in [4.69, 9.17) is 6.42 Å². The van der Waals surface area contributed by atoms with Crippen molar-refractivity contribution in [1.29, 1.82) is 0 Å². The van der Waals surface area contributed by atoms with Gasteiger partial charge in [-0.1, -0.05) is 24.3 Å². The summed E-state index contributed by atoms with van der Waals surface area (Å²) in [4.78, 5) is 22.8. The van der Waals surface area contributed by atoms with Gasteiger partial charge in [-0.2, -0.15) is 0 Å². The minimum Gasteiger partial charge on any atom is -0.289 e. The molecule has 257 valence electrons. The smallest absolute Gasteiger partial charge is 0.194 e.